The summed E-state index contributed by atoms with van der Waals surface area (Å²) >= 11 is 6.63. The molecule has 2 aromatic rings. The Kier molecular flexibility index (Phi) is 3.36. The smallest absolute Gasteiger partial charge is 0.277 e. The maximum atomic E-state index is 11.8. The van der Waals surface area contributed by atoms with Gasteiger partial charge in [0.15, 0.2) is 0 Å². The molecule has 0 bridgehead atoms. The molecular formula is C8H8ClN3O3S2. The van der Waals surface area contributed by atoms with Crippen LogP contribution < -0.4 is 4.72 Å². The third-order valence-corrected chi connectivity index (χ3v) is 4.86. The highest BCUT2D eigenvalue weighted by atomic mass is 35.5. The molecule has 9 heteroatoms. The SMILES string of the molecule is CCc1nc(NS(=O)(=O)c2ccc(Cl)s2)no1. The Balaban J connectivity index is 2.23. The van der Waals surface area contributed by atoms with Crippen LogP contribution in [0.1, 0.15) is 12.8 Å². The van der Waals surface area contributed by atoms with Gasteiger partial charge in [-0.25, -0.2) is 13.1 Å². The van der Waals surface area contributed by atoms with Crippen molar-refractivity contribution in [3.8, 4) is 0 Å². The quantitative estimate of drug-likeness (QED) is 0.933. The van der Waals surface area contributed by atoms with Crippen LogP contribution in [0.3, 0.4) is 0 Å². The molecule has 0 aliphatic heterocycles. The highest BCUT2D eigenvalue weighted by Gasteiger charge is 2.19. The first-order valence-corrected chi connectivity index (χ1v) is 7.30. The summed E-state index contributed by atoms with van der Waals surface area (Å²) in [5.41, 5.74) is 0. The lowest BCUT2D eigenvalue weighted by Crippen LogP contribution is -2.12. The summed E-state index contributed by atoms with van der Waals surface area (Å²) < 4.78 is 31.2. The van der Waals surface area contributed by atoms with E-state index in [1.54, 1.807) is 0 Å². The molecule has 2 rings (SSSR count). The van der Waals surface area contributed by atoms with E-state index in [4.69, 9.17) is 16.1 Å². The van der Waals surface area contributed by atoms with Crippen LogP contribution in [0.4, 0.5) is 5.95 Å². The van der Waals surface area contributed by atoms with Gasteiger partial charge in [0.1, 0.15) is 4.21 Å². The molecule has 0 unspecified atom stereocenters. The lowest BCUT2D eigenvalue weighted by molar-refractivity contribution is 0.383. The summed E-state index contributed by atoms with van der Waals surface area (Å²) in [6, 6.07) is 2.92. The number of aryl methyl sites for hydroxylation is 1. The first kappa shape index (κ1) is 12.3. The average molecular weight is 294 g/mol. The maximum absolute atomic E-state index is 11.8. The van der Waals surface area contributed by atoms with Crippen molar-refractivity contribution in [1.82, 2.24) is 10.1 Å². The lowest BCUT2D eigenvalue weighted by atomic mass is 10.5. The molecule has 0 saturated carbocycles. The summed E-state index contributed by atoms with van der Waals surface area (Å²) in [5.74, 6) is 0.290. The number of halogens is 1. The number of rotatable bonds is 4. The van der Waals surface area contributed by atoms with E-state index in [-0.39, 0.29) is 10.2 Å². The van der Waals surface area contributed by atoms with Gasteiger partial charge in [-0.2, -0.15) is 4.98 Å². The van der Waals surface area contributed by atoms with Crippen molar-refractivity contribution in [3.05, 3.63) is 22.4 Å². The summed E-state index contributed by atoms with van der Waals surface area (Å²) in [7, 11) is -3.69. The van der Waals surface area contributed by atoms with Gasteiger partial charge < -0.3 is 4.52 Å². The number of hydrogen-bond acceptors (Lipinski definition) is 6. The van der Waals surface area contributed by atoms with E-state index in [1.807, 2.05) is 6.92 Å². The molecule has 6 nitrogen and oxygen atoms in total. The van der Waals surface area contributed by atoms with Crippen molar-refractivity contribution < 1.29 is 12.9 Å². The molecular weight excluding hydrogens is 286 g/mol. The number of hydrogen-bond donors (Lipinski definition) is 1. The summed E-state index contributed by atoms with van der Waals surface area (Å²) in [6.45, 7) is 1.82. The molecule has 0 atom stereocenters. The molecule has 0 fully saturated rings. The van der Waals surface area contributed by atoms with Gasteiger partial charge in [0.25, 0.3) is 16.0 Å². The molecule has 0 aliphatic rings. The maximum Gasteiger partial charge on any atom is 0.277 e. The summed E-state index contributed by atoms with van der Waals surface area (Å²) in [4.78, 5) is 3.85. The molecule has 0 aromatic carbocycles. The molecule has 2 heterocycles. The van der Waals surface area contributed by atoms with E-state index < -0.39 is 10.0 Å². The zero-order valence-electron chi connectivity index (χ0n) is 8.68. The third kappa shape index (κ3) is 2.76. The average Bonchev–Trinajstić information content (AvgIpc) is 2.86. The van der Waals surface area contributed by atoms with Gasteiger partial charge in [-0.15, -0.1) is 11.3 Å². The second-order valence-electron chi connectivity index (χ2n) is 3.03. The molecule has 1 N–H and O–H groups in total. The van der Waals surface area contributed by atoms with Crippen LogP contribution in [0, 0.1) is 0 Å². The van der Waals surface area contributed by atoms with Gasteiger partial charge in [0.05, 0.1) is 4.34 Å². The van der Waals surface area contributed by atoms with Gasteiger partial charge in [-0.05, 0) is 17.3 Å². The van der Waals surface area contributed by atoms with Crippen LogP contribution in [0.15, 0.2) is 20.9 Å². The van der Waals surface area contributed by atoms with Gasteiger partial charge in [-0.1, -0.05) is 18.5 Å². The number of sulfonamides is 1. The van der Waals surface area contributed by atoms with Crippen molar-refractivity contribution in [3.63, 3.8) is 0 Å². The largest absolute Gasteiger partial charge is 0.337 e. The van der Waals surface area contributed by atoms with Gasteiger partial charge in [0.2, 0.25) is 5.89 Å². The van der Waals surface area contributed by atoms with Gasteiger partial charge in [-0.3, -0.25) is 0 Å². The molecule has 17 heavy (non-hydrogen) atoms. The second-order valence-corrected chi connectivity index (χ2v) is 6.65. The van der Waals surface area contributed by atoms with Crippen LogP contribution >= 0.6 is 22.9 Å². The summed E-state index contributed by atoms with van der Waals surface area (Å²) in [5, 5.41) is 3.50. The van der Waals surface area contributed by atoms with E-state index in [0.717, 1.165) is 11.3 Å². The minimum atomic E-state index is -3.69. The van der Waals surface area contributed by atoms with Gasteiger partial charge >= 0.3 is 0 Å². The Morgan fingerprint density at radius 3 is 2.82 bits per heavy atom. The van der Waals surface area contributed by atoms with Gasteiger partial charge in [0, 0.05) is 6.42 Å². The number of anilines is 1. The van der Waals surface area contributed by atoms with E-state index in [1.165, 1.54) is 12.1 Å². The fraction of sp³-hybridized carbons (Fsp3) is 0.250. The number of aromatic nitrogens is 2. The van der Waals surface area contributed by atoms with Crippen LogP contribution in [0.2, 0.25) is 4.34 Å². The topological polar surface area (TPSA) is 85.1 Å². The Morgan fingerprint density at radius 1 is 1.53 bits per heavy atom. The normalized spacial score (nSPS) is 11.6. The molecule has 0 saturated heterocycles. The van der Waals surface area contributed by atoms with E-state index in [0.29, 0.717) is 16.6 Å². The lowest BCUT2D eigenvalue weighted by Gasteiger charge is -1.99. The standard InChI is InChI=1S/C8H8ClN3O3S2/c1-2-6-10-8(11-15-6)12-17(13,14)7-4-3-5(9)16-7/h3-4H,2H2,1H3,(H,11,12). The molecule has 2 aromatic heterocycles. The number of nitrogens with zero attached hydrogens (tertiary/aromatic N) is 2. The van der Waals surface area contributed by atoms with Crippen molar-refractivity contribution >= 4 is 38.9 Å². The highest BCUT2D eigenvalue weighted by Crippen LogP contribution is 2.26. The number of nitrogens with one attached hydrogen (secondary N) is 1. The molecule has 0 radical (unpaired) electrons. The fourth-order valence-corrected chi connectivity index (χ4v) is 3.47. The third-order valence-electron chi connectivity index (χ3n) is 1.81. The number of thiophene rings is 1. The zero-order valence-corrected chi connectivity index (χ0v) is 11.1. The van der Waals surface area contributed by atoms with Crippen LogP contribution in [-0.4, -0.2) is 18.6 Å². The summed E-state index contributed by atoms with van der Waals surface area (Å²) in [6.07, 6.45) is 0.541. The van der Waals surface area contributed by atoms with Crippen molar-refractivity contribution in [1.29, 1.82) is 0 Å². The Hall–Kier alpha value is -1.12. The monoisotopic (exact) mass is 293 g/mol. The predicted octanol–water partition coefficient (Wildman–Crippen LogP) is 2.15. The van der Waals surface area contributed by atoms with E-state index in [2.05, 4.69) is 14.9 Å². The highest BCUT2D eigenvalue weighted by molar-refractivity contribution is 7.94. The van der Waals surface area contributed by atoms with E-state index in [9.17, 15) is 8.42 Å². The van der Waals surface area contributed by atoms with Crippen molar-refractivity contribution in [2.75, 3.05) is 4.72 Å². The van der Waals surface area contributed by atoms with Crippen LogP contribution in [0.25, 0.3) is 0 Å². The van der Waals surface area contributed by atoms with Crippen LogP contribution in [0.5, 0.6) is 0 Å². The second kappa shape index (κ2) is 4.63. The Labute approximate surface area is 107 Å². The zero-order chi connectivity index (χ0) is 12.5. The molecule has 0 spiro atoms. The molecule has 92 valence electrons. The fourth-order valence-electron chi connectivity index (χ4n) is 1.05. The first-order valence-electron chi connectivity index (χ1n) is 4.62. The molecule has 0 aliphatic carbocycles. The van der Waals surface area contributed by atoms with E-state index >= 15 is 0 Å². The minimum Gasteiger partial charge on any atom is -0.337 e. The predicted molar refractivity (Wildman–Crippen MR) is 63.8 cm³/mol. The van der Waals surface area contributed by atoms with Crippen LogP contribution in [-0.2, 0) is 16.4 Å². The minimum absolute atomic E-state index is 0.0774. The molecule has 0 amide bonds. The Bertz CT molecular complexity index is 620. The van der Waals surface area contributed by atoms with Crippen molar-refractivity contribution in [2.45, 2.75) is 17.6 Å². The Morgan fingerprint density at radius 2 is 2.29 bits per heavy atom. The van der Waals surface area contributed by atoms with Crippen molar-refractivity contribution in [2.24, 2.45) is 0 Å². The first-order chi connectivity index (χ1) is 8.01.